The highest BCUT2D eigenvalue weighted by Crippen LogP contribution is 2.42. The van der Waals surface area contributed by atoms with Gasteiger partial charge in [0.05, 0.1) is 23.0 Å². The minimum atomic E-state index is -0.990. The Morgan fingerprint density at radius 1 is 0.861 bits per heavy atom. The van der Waals surface area contributed by atoms with Crippen LogP contribution in [0.1, 0.15) is 22.9 Å². The van der Waals surface area contributed by atoms with Gasteiger partial charge in [0.15, 0.2) is 0 Å². The van der Waals surface area contributed by atoms with Gasteiger partial charge in [-0.2, -0.15) is 0 Å². The lowest BCUT2D eigenvalue weighted by Gasteiger charge is -2.24. The first-order valence-corrected chi connectivity index (χ1v) is 12.1. The second-order valence-electron chi connectivity index (χ2n) is 8.50. The van der Waals surface area contributed by atoms with Crippen molar-refractivity contribution in [3.05, 3.63) is 122 Å². The molecule has 1 aliphatic rings. The third kappa shape index (κ3) is 3.70. The Labute approximate surface area is 215 Å². The van der Waals surface area contributed by atoms with E-state index in [1.165, 1.54) is 9.58 Å². The van der Waals surface area contributed by atoms with Gasteiger partial charge in [-0.3, -0.25) is 24.0 Å². The number of para-hydroxylation sites is 1. The van der Waals surface area contributed by atoms with E-state index in [0.29, 0.717) is 22.5 Å². The highest BCUT2D eigenvalue weighted by atomic mass is 79.9. The fourth-order valence-corrected chi connectivity index (χ4v) is 4.87. The second-order valence-corrected chi connectivity index (χ2v) is 9.41. The van der Waals surface area contributed by atoms with Gasteiger partial charge in [-0.05, 0) is 36.8 Å². The Bertz CT molecular complexity index is 1570. The Balaban J connectivity index is 1.78. The third-order valence-electron chi connectivity index (χ3n) is 6.44. The molecule has 1 aliphatic heterocycles. The number of rotatable bonds is 4. The maximum Gasteiger partial charge on any atom is 0.300 e. The highest BCUT2D eigenvalue weighted by molar-refractivity contribution is 9.10. The number of amides is 1. The third-order valence-corrected chi connectivity index (χ3v) is 6.97. The molecule has 1 N–H and O–H groups in total. The van der Waals surface area contributed by atoms with Crippen LogP contribution in [0.25, 0.3) is 11.4 Å². The van der Waals surface area contributed by atoms with E-state index >= 15 is 0 Å². The molecule has 180 valence electrons. The van der Waals surface area contributed by atoms with E-state index in [1.54, 1.807) is 85.4 Å². The molecule has 0 saturated carbocycles. The van der Waals surface area contributed by atoms with Crippen molar-refractivity contribution in [1.29, 1.82) is 0 Å². The van der Waals surface area contributed by atoms with Crippen molar-refractivity contribution in [1.82, 2.24) is 9.36 Å². The van der Waals surface area contributed by atoms with E-state index in [2.05, 4.69) is 15.9 Å². The zero-order chi connectivity index (χ0) is 25.6. The quantitative estimate of drug-likeness (QED) is 0.226. The maximum absolute atomic E-state index is 13.8. The molecule has 3 aromatic carbocycles. The second kappa shape index (κ2) is 9.13. The predicted octanol–water partition coefficient (Wildman–Crippen LogP) is 4.87. The number of aromatic nitrogens is 2. The van der Waals surface area contributed by atoms with Crippen molar-refractivity contribution in [2.75, 3.05) is 4.90 Å². The number of hydrogen-bond donors (Lipinski definition) is 1. The van der Waals surface area contributed by atoms with Crippen molar-refractivity contribution < 1.29 is 14.7 Å². The number of ketones is 1. The summed E-state index contributed by atoms with van der Waals surface area (Å²) < 4.78 is 3.93. The lowest BCUT2D eigenvalue weighted by atomic mass is 9.95. The predicted molar refractivity (Wildman–Crippen MR) is 141 cm³/mol. The number of aliphatic hydroxyl groups is 1. The molecule has 4 aromatic rings. The van der Waals surface area contributed by atoms with Gasteiger partial charge in [0.25, 0.3) is 17.2 Å². The van der Waals surface area contributed by atoms with Crippen LogP contribution in [-0.2, 0) is 16.6 Å². The Morgan fingerprint density at radius 2 is 1.44 bits per heavy atom. The van der Waals surface area contributed by atoms with Gasteiger partial charge in [0.2, 0.25) is 0 Å². The zero-order valence-corrected chi connectivity index (χ0v) is 21.1. The van der Waals surface area contributed by atoms with Gasteiger partial charge in [0.1, 0.15) is 11.4 Å². The largest absolute Gasteiger partial charge is 0.507 e. The molecule has 1 saturated heterocycles. The van der Waals surface area contributed by atoms with Gasteiger partial charge in [0, 0.05) is 17.1 Å². The van der Waals surface area contributed by atoms with Crippen molar-refractivity contribution in [2.24, 2.45) is 7.05 Å². The summed E-state index contributed by atoms with van der Waals surface area (Å²) in [7, 11) is 1.72. The van der Waals surface area contributed by atoms with Gasteiger partial charge in [-0.25, -0.2) is 4.68 Å². The lowest BCUT2D eigenvalue weighted by molar-refractivity contribution is -0.132. The molecule has 0 unspecified atom stereocenters. The first-order chi connectivity index (χ1) is 17.3. The fraction of sp³-hybridized carbons (Fsp3) is 0.107. The summed E-state index contributed by atoms with van der Waals surface area (Å²) >= 11 is 3.41. The van der Waals surface area contributed by atoms with Crippen LogP contribution in [0.15, 0.2) is 99.8 Å². The Kier molecular flexibility index (Phi) is 5.97. The van der Waals surface area contributed by atoms with E-state index in [1.807, 2.05) is 18.2 Å². The van der Waals surface area contributed by atoms with E-state index in [9.17, 15) is 19.5 Å². The lowest BCUT2D eigenvalue weighted by Crippen LogP contribution is -2.34. The number of carbonyl (C=O) groups excluding carboxylic acids is 2. The first kappa shape index (κ1) is 23.6. The van der Waals surface area contributed by atoms with E-state index in [0.717, 1.165) is 4.47 Å². The average molecular weight is 544 g/mol. The molecule has 5 rings (SSSR count). The number of benzene rings is 3. The fourth-order valence-electron chi connectivity index (χ4n) is 4.61. The van der Waals surface area contributed by atoms with Crippen LogP contribution in [0, 0.1) is 6.92 Å². The molecule has 0 aliphatic carbocycles. The number of anilines is 1. The number of carbonyl (C=O) groups is 2. The van der Waals surface area contributed by atoms with Crippen LogP contribution in [0.4, 0.5) is 5.69 Å². The molecule has 1 fully saturated rings. The van der Waals surface area contributed by atoms with E-state index in [4.69, 9.17) is 0 Å². The molecule has 2 heterocycles. The molecular formula is C28H22BrN3O4. The number of hydrogen-bond acceptors (Lipinski definition) is 4. The van der Waals surface area contributed by atoms with Gasteiger partial charge >= 0.3 is 0 Å². The molecule has 1 aromatic heterocycles. The number of Topliss-reactive ketones (excluding diaryl/α,β-unsaturated/α-hetero) is 1. The SMILES string of the molecule is Cc1c(N2C(=O)C(=O)/C(=C(/O)c3ccccc3)[C@H]2c2ccc(Br)cc2)c(=O)n(-c2ccccc2)n1C. The van der Waals surface area contributed by atoms with Gasteiger partial charge < -0.3 is 5.11 Å². The smallest absolute Gasteiger partial charge is 0.300 e. The van der Waals surface area contributed by atoms with Crippen LogP contribution < -0.4 is 10.5 Å². The number of aliphatic hydroxyl groups excluding tert-OH is 1. The molecule has 0 radical (unpaired) electrons. The van der Waals surface area contributed by atoms with Crippen LogP contribution in [0.2, 0.25) is 0 Å². The average Bonchev–Trinajstić information content (AvgIpc) is 3.28. The molecule has 7 nitrogen and oxygen atoms in total. The molecule has 8 heteroatoms. The summed E-state index contributed by atoms with van der Waals surface area (Å²) in [5.74, 6) is -2.01. The van der Waals surface area contributed by atoms with Crippen LogP contribution >= 0.6 is 15.9 Å². The monoisotopic (exact) mass is 543 g/mol. The van der Waals surface area contributed by atoms with Crippen LogP contribution in [0.3, 0.4) is 0 Å². The van der Waals surface area contributed by atoms with Crippen molar-refractivity contribution in [3.63, 3.8) is 0 Å². The first-order valence-electron chi connectivity index (χ1n) is 11.3. The summed E-state index contributed by atoms with van der Waals surface area (Å²) in [6.07, 6.45) is 0. The Hall–Kier alpha value is -4.17. The minimum Gasteiger partial charge on any atom is -0.507 e. The van der Waals surface area contributed by atoms with Crippen molar-refractivity contribution in [2.45, 2.75) is 13.0 Å². The zero-order valence-electron chi connectivity index (χ0n) is 19.6. The number of halogens is 1. The maximum atomic E-state index is 13.8. The topological polar surface area (TPSA) is 84.5 Å². The molecule has 1 atom stereocenters. The summed E-state index contributed by atoms with van der Waals surface area (Å²) in [6, 6.07) is 23.8. The molecular weight excluding hydrogens is 522 g/mol. The van der Waals surface area contributed by atoms with E-state index < -0.39 is 23.3 Å². The van der Waals surface area contributed by atoms with Gasteiger partial charge in [-0.15, -0.1) is 0 Å². The summed E-state index contributed by atoms with van der Waals surface area (Å²) in [4.78, 5) is 41.9. The minimum absolute atomic E-state index is 0.0672. The molecule has 0 spiro atoms. The molecule has 36 heavy (non-hydrogen) atoms. The van der Waals surface area contributed by atoms with Crippen molar-refractivity contribution in [3.8, 4) is 5.69 Å². The molecule has 1 amide bonds. The number of nitrogens with zero attached hydrogens (tertiary/aromatic N) is 3. The van der Waals surface area contributed by atoms with Crippen molar-refractivity contribution >= 4 is 39.1 Å². The van der Waals surface area contributed by atoms with Gasteiger partial charge in [-0.1, -0.05) is 76.6 Å². The summed E-state index contributed by atoms with van der Waals surface area (Å²) in [5.41, 5.74) is 1.71. The molecule has 0 bridgehead atoms. The standard InChI is InChI=1S/C28H22BrN3O4/c1-17-23(27(35)32(30(17)2)21-11-7-4-8-12-21)31-24(18-13-15-20(29)16-14-18)22(26(34)28(31)36)25(33)19-9-5-3-6-10-19/h3-16,24,33H,1-2H3/b25-22+/t24-/m1/s1. The van der Waals surface area contributed by atoms with E-state index in [-0.39, 0.29) is 17.0 Å². The summed E-state index contributed by atoms with van der Waals surface area (Å²) in [5, 5.41) is 11.2. The van der Waals surface area contributed by atoms with Crippen LogP contribution in [0.5, 0.6) is 0 Å². The normalized spacial score (nSPS) is 17.1. The summed E-state index contributed by atoms with van der Waals surface area (Å²) in [6.45, 7) is 1.73. The Morgan fingerprint density at radius 3 is 2.06 bits per heavy atom. The van der Waals surface area contributed by atoms with Crippen LogP contribution in [-0.4, -0.2) is 26.2 Å². The highest BCUT2D eigenvalue weighted by Gasteiger charge is 2.49.